The summed E-state index contributed by atoms with van der Waals surface area (Å²) in [5.74, 6) is -0.528. The maximum Gasteiger partial charge on any atom is 0.168 e. The third-order valence-electron chi connectivity index (χ3n) is 3.84. The molecule has 0 saturated heterocycles. The molecule has 102 valence electrons. The lowest BCUT2D eigenvalue weighted by atomic mass is 9.99. The molecule has 4 nitrogen and oxygen atoms in total. The number of aldehydes is 1. The van der Waals surface area contributed by atoms with Gasteiger partial charge in [0.15, 0.2) is 17.8 Å². The van der Waals surface area contributed by atoms with Crippen molar-refractivity contribution in [1.82, 2.24) is 0 Å². The summed E-state index contributed by atoms with van der Waals surface area (Å²) >= 11 is 0. The number of carbonyl (C=O) groups excluding carboxylic acids is 1. The Kier molecular flexibility index (Phi) is 2.86. The molecule has 1 aliphatic rings. The minimum Gasteiger partial charge on any atom is -0.504 e. The second kappa shape index (κ2) is 4.56. The Hall–Kier alpha value is -2.49. The van der Waals surface area contributed by atoms with E-state index in [0.717, 1.165) is 23.5 Å². The predicted molar refractivity (Wildman–Crippen MR) is 77.0 cm³/mol. The van der Waals surface area contributed by atoms with E-state index in [-0.39, 0.29) is 17.1 Å². The van der Waals surface area contributed by atoms with Crippen molar-refractivity contribution in [3.8, 4) is 11.5 Å². The second-order valence-corrected chi connectivity index (χ2v) is 4.92. The second-order valence-electron chi connectivity index (χ2n) is 4.92. The van der Waals surface area contributed by atoms with Crippen LogP contribution < -0.4 is 4.90 Å². The molecule has 20 heavy (non-hydrogen) atoms. The summed E-state index contributed by atoms with van der Waals surface area (Å²) in [5.41, 5.74) is 3.44. The van der Waals surface area contributed by atoms with Gasteiger partial charge < -0.3 is 15.1 Å². The molecule has 3 rings (SSSR count). The molecule has 1 aliphatic heterocycles. The topological polar surface area (TPSA) is 60.8 Å². The van der Waals surface area contributed by atoms with Gasteiger partial charge in [-0.15, -0.1) is 0 Å². The summed E-state index contributed by atoms with van der Waals surface area (Å²) in [5, 5.41) is 19.9. The molecule has 0 amide bonds. The molecule has 4 heteroatoms. The summed E-state index contributed by atoms with van der Waals surface area (Å²) in [6.45, 7) is 2.48. The highest BCUT2D eigenvalue weighted by Gasteiger charge is 2.29. The van der Waals surface area contributed by atoms with Gasteiger partial charge in [-0.3, -0.25) is 4.79 Å². The average Bonchev–Trinajstić information content (AvgIpc) is 2.91. The number of phenols is 2. The Morgan fingerprint density at radius 2 is 1.85 bits per heavy atom. The first-order valence-electron chi connectivity index (χ1n) is 6.50. The molecule has 0 unspecified atom stereocenters. The van der Waals surface area contributed by atoms with Gasteiger partial charge in [0.1, 0.15) is 0 Å². The summed E-state index contributed by atoms with van der Waals surface area (Å²) < 4.78 is 0. The standard InChI is InChI=1S/C16H15NO3/c1-10-14-12(13(9-18)16(20)15(10)19)7-8-17(14)11-5-3-2-4-6-11/h2-6,9,19-20H,7-8H2,1H3. The van der Waals surface area contributed by atoms with E-state index in [2.05, 4.69) is 4.90 Å². The summed E-state index contributed by atoms with van der Waals surface area (Å²) in [6.07, 6.45) is 1.29. The highest BCUT2D eigenvalue weighted by atomic mass is 16.3. The molecule has 0 fully saturated rings. The zero-order chi connectivity index (χ0) is 14.3. The van der Waals surface area contributed by atoms with E-state index in [1.165, 1.54) is 0 Å². The van der Waals surface area contributed by atoms with Crippen molar-refractivity contribution in [2.45, 2.75) is 13.3 Å². The van der Waals surface area contributed by atoms with Gasteiger partial charge in [0, 0.05) is 17.8 Å². The van der Waals surface area contributed by atoms with Crippen LogP contribution in [0.4, 0.5) is 11.4 Å². The van der Waals surface area contributed by atoms with E-state index in [0.29, 0.717) is 18.3 Å². The molecule has 0 radical (unpaired) electrons. The SMILES string of the molecule is Cc1c(O)c(O)c(C=O)c2c1N(c1ccccc1)CC2. The molecular formula is C16H15NO3. The van der Waals surface area contributed by atoms with Gasteiger partial charge in [0.05, 0.1) is 11.3 Å². The number of rotatable bonds is 2. The van der Waals surface area contributed by atoms with Crippen molar-refractivity contribution in [1.29, 1.82) is 0 Å². The Morgan fingerprint density at radius 3 is 2.50 bits per heavy atom. The first kappa shape index (κ1) is 12.5. The quantitative estimate of drug-likeness (QED) is 0.650. The van der Waals surface area contributed by atoms with Gasteiger partial charge in [-0.05, 0) is 31.0 Å². The molecule has 0 aliphatic carbocycles. The van der Waals surface area contributed by atoms with Gasteiger partial charge >= 0.3 is 0 Å². The van der Waals surface area contributed by atoms with Crippen molar-refractivity contribution in [2.75, 3.05) is 11.4 Å². The molecule has 0 spiro atoms. The number of hydrogen-bond donors (Lipinski definition) is 2. The van der Waals surface area contributed by atoms with Crippen LogP contribution in [0.1, 0.15) is 21.5 Å². The number of nitrogens with zero attached hydrogens (tertiary/aromatic N) is 1. The van der Waals surface area contributed by atoms with Crippen LogP contribution >= 0.6 is 0 Å². The minimum atomic E-state index is -0.314. The molecule has 0 aromatic heterocycles. The van der Waals surface area contributed by atoms with Crippen molar-refractivity contribution in [3.63, 3.8) is 0 Å². The number of carbonyl (C=O) groups is 1. The Bertz CT molecular complexity index is 680. The van der Waals surface area contributed by atoms with Crippen molar-refractivity contribution in [2.24, 2.45) is 0 Å². The summed E-state index contributed by atoms with van der Waals surface area (Å²) in [6, 6.07) is 9.81. The number of anilines is 2. The third kappa shape index (κ3) is 1.65. The van der Waals surface area contributed by atoms with Crippen molar-refractivity contribution < 1.29 is 15.0 Å². The maximum atomic E-state index is 11.2. The molecule has 2 N–H and O–H groups in total. The van der Waals surface area contributed by atoms with Gasteiger partial charge in [-0.2, -0.15) is 0 Å². The average molecular weight is 269 g/mol. The van der Waals surface area contributed by atoms with Crippen LogP contribution in [0.3, 0.4) is 0 Å². The van der Waals surface area contributed by atoms with E-state index < -0.39 is 0 Å². The lowest BCUT2D eigenvalue weighted by Crippen LogP contribution is -2.14. The van der Waals surface area contributed by atoms with Crippen LogP contribution in [0.2, 0.25) is 0 Å². The van der Waals surface area contributed by atoms with Crippen LogP contribution in [0.15, 0.2) is 30.3 Å². The molecule has 0 saturated carbocycles. The lowest BCUT2D eigenvalue weighted by Gasteiger charge is -2.22. The van der Waals surface area contributed by atoms with Crippen LogP contribution in [-0.4, -0.2) is 23.0 Å². The Balaban J connectivity index is 2.24. The monoisotopic (exact) mass is 269 g/mol. The number of para-hydroxylation sites is 1. The van der Waals surface area contributed by atoms with Gasteiger partial charge in [0.25, 0.3) is 0 Å². The molecule has 2 aromatic rings. The fourth-order valence-electron chi connectivity index (χ4n) is 2.86. The Morgan fingerprint density at radius 1 is 1.15 bits per heavy atom. The normalized spacial score (nSPS) is 13.3. The van der Waals surface area contributed by atoms with E-state index >= 15 is 0 Å². The Labute approximate surface area is 116 Å². The first-order chi connectivity index (χ1) is 9.65. The number of aromatic hydroxyl groups is 2. The largest absolute Gasteiger partial charge is 0.504 e. The maximum absolute atomic E-state index is 11.2. The fraction of sp³-hybridized carbons (Fsp3) is 0.188. The predicted octanol–water partition coefficient (Wildman–Crippen LogP) is 2.91. The van der Waals surface area contributed by atoms with E-state index in [4.69, 9.17) is 0 Å². The van der Waals surface area contributed by atoms with E-state index in [1.807, 2.05) is 30.3 Å². The molecule has 2 aromatic carbocycles. The van der Waals surface area contributed by atoms with Gasteiger partial charge in [-0.1, -0.05) is 18.2 Å². The van der Waals surface area contributed by atoms with Crippen molar-refractivity contribution >= 4 is 17.7 Å². The summed E-state index contributed by atoms with van der Waals surface area (Å²) in [4.78, 5) is 13.3. The molecule has 0 bridgehead atoms. The van der Waals surface area contributed by atoms with Gasteiger partial charge in [0.2, 0.25) is 0 Å². The molecule has 0 atom stereocenters. The first-order valence-corrected chi connectivity index (χ1v) is 6.50. The lowest BCUT2D eigenvalue weighted by molar-refractivity contribution is 0.111. The third-order valence-corrected chi connectivity index (χ3v) is 3.84. The minimum absolute atomic E-state index is 0.196. The number of benzene rings is 2. The molecule has 1 heterocycles. The van der Waals surface area contributed by atoms with E-state index in [9.17, 15) is 15.0 Å². The molecular weight excluding hydrogens is 254 g/mol. The zero-order valence-corrected chi connectivity index (χ0v) is 11.1. The fourth-order valence-corrected chi connectivity index (χ4v) is 2.86. The summed E-state index contributed by atoms with van der Waals surface area (Å²) in [7, 11) is 0. The van der Waals surface area contributed by atoms with Crippen LogP contribution in [-0.2, 0) is 6.42 Å². The highest BCUT2D eigenvalue weighted by molar-refractivity contribution is 5.91. The van der Waals surface area contributed by atoms with Crippen LogP contribution in [0.5, 0.6) is 11.5 Å². The number of phenolic OH excluding ortho intramolecular Hbond substituents is 2. The van der Waals surface area contributed by atoms with Crippen molar-refractivity contribution in [3.05, 3.63) is 47.0 Å². The van der Waals surface area contributed by atoms with Gasteiger partial charge in [-0.25, -0.2) is 0 Å². The highest BCUT2D eigenvalue weighted by Crippen LogP contribution is 2.47. The number of fused-ring (bicyclic) bond motifs is 1. The number of hydrogen-bond acceptors (Lipinski definition) is 4. The zero-order valence-electron chi connectivity index (χ0n) is 11.1. The van der Waals surface area contributed by atoms with E-state index in [1.54, 1.807) is 6.92 Å². The van der Waals surface area contributed by atoms with Crippen LogP contribution in [0.25, 0.3) is 0 Å². The van der Waals surface area contributed by atoms with Crippen LogP contribution in [0, 0.1) is 6.92 Å². The smallest absolute Gasteiger partial charge is 0.168 e.